The number of nitrogens with one attached hydrogen (secondary N) is 1. The number of fused-ring (bicyclic) bond motifs is 1. The predicted molar refractivity (Wildman–Crippen MR) is 54.5 cm³/mol. The number of anilines is 1. The van der Waals surface area contributed by atoms with Crippen molar-refractivity contribution < 1.29 is 8.78 Å². The molecule has 0 aliphatic carbocycles. The van der Waals surface area contributed by atoms with Crippen molar-refractivity contribution in [3.63, 3.8) is 0 Å². The topological polar surface area (TPSA) is 53.6 Å². The minimum atomic E-state index is -3.37. The molecule has 7 heteroatoms. The number of nitrogens with zero attached hydrogens (tertiary/aromatic N) is 3. The summed E-state index contributed by atoms with van der Waals surface area (Å²) in [6.45, 7) is 1.76. The van der Waals surface area contributed by atoms with E-state index in [9.17, 15) is 8.78 Å². The maximum absolute atomic E-state index is 13.2. The Kier molecular flexibility index (Phi) is 2.50. The van der Waals surface area contributed by atoms with Crippen LogP contribution in [0.1, 0.15) is 24.9 Å². The smallest absolute Gasteiger partial charge is 0.343 e. The Hall–Kier alpha value is -1.35. The van der Waals surface area contributed by atoms with Crippen LogP contribution in [-0.4, -0.2) is 21.2 Å². The number of halogens is 3. The van der Waals surface area contributed by atoms with Crippen molar-refractivity contribution in [1.29, 1.82) is 5.26 Å². The third kappa shape index (κ3) is 1.71. The number of rotatable bonds is 1. The standard InChI is InChI=1S/C9H9ClF2N4/c1-5-2-7(9(10,11)12)16-8(15-5)6(3-13)4-14-16/h4-5,7,15H,2H2,1H3/t5-,7+/m1/s1. The van der Waals surface area contributed by atoms with Crippen LogP contribution in [0.25, 0.3) is 0 Å². The van der Waals surface area contributed by atoms with E-state index in [2.05, 4.69) is 10.4 Å². The quantitative estimate of drug-likeness (QED) is 0.774. The highest BCUT2D eigenvalue weighted by Gasteiger charge is 2.43. The first-order valence-corrected chi connectivity index (χ1v) is 5.12. The van der Waals surface area contributed by atoms with Crippen molar-refractivity contribution in [1.82, 2.24) is 9.78 Å². The summed E-state index contributed by atoms with van der Waals surface area (Å²) in [4.78, 5) is 0. The van der Waals surface area contributed by atoms with E-state index in [1.54, 1.807) is 6.92 Å². The number of alkyl halides is 3. The van der Waals surface area contributed by atoms with Crippen LogP contribution in [0.5, 0.6) is 0 Å². The Labute approximate surface area is 95.8 Å². The van der Waals surface area contributed by atoms with Crippen LogP contribution in [0.4, 0.5) is 14.6 Å². The molecule has 2 heterocycles. The minimum Gasteiger partial charge on any atom is -0.367 e. The van der Waals surface area contributed by atoms with Gasteiger partial charge in [0.2, 0.25) is 0 Å². The summed E-state index contributed by atoms with van der Waals surface area (Å²) in [7, 11) is 0. The van der Waals surface area contributed by atoms with E-state index in [-0.39, 0.29) is 18.0 Å². The normalized spacial score (nSPS) is 24.4. The number of hydrogen-bond donors (Lipinski definition) is 1. The molecule has 2 rings (SSSR count). The molecule has 0 amide bonds. The van der Waals surface area contributed by atoms with Crippen molar-refractivity contribution >= 4 is 17.4 Å². The fraction of sp³-hybridized carbons (Fsp3) is 0.556. The summed E-state index contributed by atoms with van der Waals surface area (Å²) in [5.74, 6) is 0.312. The molecular weight excluding hydrogens is 238 g/mol. The molecule has 0 fully saturated rings. The van der Waals surface area contributed by atoms with Gasteiger partial charge in [0.25, 0.3) is 0 Å². The average Bonchev–Trinajstić information content (AvgIpc) is 2.57. The monoisotopic (exact) mass is 246 g/mol. The fourth-order valence-electron chi connectivity index (χ4n) is 1.82. The van der Waals surface area contributed by atoms with E-state index in [4.69, 9.17) is 16.9 Å². The van der Waals surface area contributed by atoms with Crippen LogP contribution in [0.2, 0.25) is 0 Å². The van der Waals surface area contributed by atoms with Crippen LogP contribution in [0, 0.1) is 11.3 Å². The van der Waals surface area contributed by atoms with Crippen LogP contribution in [-0.2, 0) is 0 Å². The highest BCUT2D eigenvalue weighted by molar-refractivity contribution is 6.22. The van der Waals surface area contributed by atoms with E-state index in [1.165, 1.54) is 6.20 Å². The van der Waals surface area contributed by atoms with Crippen molar-refractivity contribution in [3.05, 3.63) is 11.8 Å². The Morgan fingerprint density at radius 2 is 2.44 bits per heavy atom. The van der Waals surface area contributed by atoms with E-state index in [0.717, 1.165) is 4.68 Å². The van der Waals surface area contributed by atoms with Gasteiger partial charge in [-0.25, -0.2) is 4.68 Å². The summed E-state index contributed by atoms with van der Waals surface area (Å²) in [5, 5.41) is 12.1. The summed E-state index contributed by atoms with van der Waals surface area (Å²) >= 11 is 5.05. The highest BCUT2D eigenvalue weighted by atomic mass is 35.5. The second-order valence-electron chi connectivity index (χ2n) is 3.80. The van der Waals surface area contributed by atoms with Gasteiger partial charge in [0.15, 0.2) is 0 Å². The van der Waals surface area contributed by atoms with Crippen LogP contribution < -0.4 is 5.32 Å². The summed E-state index contributed by atoms with van der Waals surface area (Å²) in [5.41, 5.74) is 0.248. The van der Waals surface area contributed by atoms with Gasteiger partial charge in [-0.1, -0.05) is 0 Å². The molecule has 1 aromatic rings. The van der Waals surface area contributed by atoms with Gasteiger partial charge in [-0.05, 0) is 24.9 Å². The number of nitriles is 1. The Morgan fingerprint density at radius 3 is 3.00 bits per heavy atom. The van der Waals surface area contributed by atoms with Gasteiger partial charge in [0.05, 0.1) is 6.20 Å². The molecule has 0 aromatic carbocycles. The number of aromatic nitrogens is 2. The molecule has 2 atom stereocenters. The van der Waals surface area contributed by atoms with Gasteiger partial charge >= 0.3 is 5.38 Å². The Balaban J connectivity index is 2.48. The van der Waals surface area contributed by atoms with Gasteiger partial charge < -0.3 is 5.32 Å². The minimum absolute atomic E-state index is 0.163. The molecule has 16 heavy (non-hydrogen) atoms. The van der Waals surface area contributed by atoms with E-state index < -0.39 is 11.4 Å². The molecule has 0 unspecified atom stereocenters. The molecule has 1 aliphatic heterocycles. The van der Waals surface area contributed by atoms with E-state index in [1.807, 2.05) is 6.07 Å². The van der Waals surface area contributed by atoms with Crippen molar-refractivity contribution in [2.75, 3.05) is 5.32 Å². The van der Waals surface area contributed by atoms with Gasteiger partial charge in [0, 0.05) is 6.04 Å². The van der Waals surface area contributed by atoms with Crippen molar-refractivity contribution in [3.8, 4) is 6.07 Å². The Bertz CT molecular complexity index is 445. The van der Waals surface area contributed by atoms with Gasteiger partial charge in [0.1, 0.15) is 23.5 Å². The lowest BCUT2D eigenvalue weighted by atomic mass is 10.1. The second kappa shape index (κ2) is 3.59. The van der Waals surface area contributed by atoms with Gasteiger partial charge in [-0.15, -0.1) is 0 Å². The molecule has 0 radical (unpaired) electrons. The molecule has 0 spiro atoms. The van der Waals surface area contributed by atoms with Gasteiger partial charge in [-0.2, -0.15) is 19.1 Å². The zero-order valence-corrected chi connectivity index (χ0v) is 9.17. The first kappa shape index (κ1) is 11.1. The lowest BCUT2D eigenvalue weighted by Gasteiger charge is -2.32. The largest absolute Gasteiger partial charge is 0.367 e. The maximum Gasteiger partial charge on any atom is 0.343 e. The summed E-state index contributed by atoms with van der Waals surface area (Å²) < 4.78 is 27.4. The predicted octanol–water partition coefficient (Wildman–Crippen LogP) is 2.33. The molecule has 1 aliphatic rings. The molecule has 0 saturated heterocycles. The van der Waals surface area contributed by atoms with Crippen LogP contribution >= 0.6 is 11.6 Å². The third-order valence-electron chi connectivity index (χ3n) is 2.55. The lowest BCUT2D eigenvalue weighted by Crippen LogP contribution is -2.37. The summed E-state index contributed by atoms with van der Waals surface area (Å²) in [6.07, 6.45) is 1.42. The average molecular weight is 247 g/mol. The van der Waals surface area contributed by atoms with Crippen molar-refractivity contribution in [2.24, 2.45) is 0 Å². The van der Waals surface area contributed by atoms with E-state index in [0.29, 0.717) is 5.82 Å². The molecule has 4 nitrogen and oxygen atoms in total. The number of hydrogen-bond acceptors (Lipinski definition) is 3. The van der Waals surface area contributed by atoms with Crippen LogP contribution in [0.15, 0.2) is 6.20 Å². The van der Waals surface area contributed by atoms with Crippen LogP contribution in [0.3, 0.4) is 0 Å². The lowest BCUT2D eigenvalue weighted by molar-refractivity contribution is 0.0214. The zero-order chi connectivity index (χ0) is 11.9. The molecule has 86 valence electrons. The molecule has 0 saturated carbocycles. The van der Waals surface area contributed by atoms with Gasteiger partial charge in [-0.3, -0.25) is 0 Å². The molecule has 1 N–H and O–H groups in total. The summed E-state index contributed by atoms with van der Waals surface area (Å²) in [6, 6.07) is 0.499. The highest BCUT2D eigenvalue weighted by Crippen LogP contribution is 2.41. The third-order valence-corrected chi connectivity index (χ3v) is 2.80. The van der Waals surface area contributed by atoms with Crippen molar-refractivity contribution in [2.45, 2.75) is 30.8 Å². The molecule has 0 bridgehead atoms. The SMILES string of the molecule is C[C@@H]1C[C@@H](C(F)(F)Cl)n2ncc(C#N)c2N1. The fourth-order valence-corrected chi connectivity index (χ4v) is 2.01. The second-order valence-corrected chi connectivity index (χ2v) is 4.31. The first-order chi connectivity index (χ1) is 7.43. The Morgan fingerprint density at radius 1 is 1.75 bits per heavy atom. The first-order valence-electron chi connectivity index (χ1n) is 4.74. The molecule has 1 aromatic heterocycles. The maximum atomic E-state index is 13.2. The zero-order valence-electron chi connectivity index (χ0n) is 8.41. The van der Waals surface area contributed by atoms with E-state index >= 15 is 0 Å². The molecular formula is C9H9ClF2N4.